The third-order valence-corrected chi connectivity index (χ3v) is 3.79. The molecule has 1 rings (SSSR count). The summed E-state index contributed by atoms with van der Waals surface area (Å²) in [6.45, 7) is 8.89. The molecular weight excluding hydrogens is 250 g/mol. The van der Waals surface area contributed by atoms with E-state index < -0.39 is 12.0 Å². The van der Waals surface area contributed by atoms with Crippen LogP contribution >= 0.6 is 11.3 Å². The summed E-state index contributed by atoms with van der Waals surface area (Å²) >= 11 is 1.55. The molecule has 0 spiro atoms. The Bertz CT molecular complexity index is 465. The van der Waals surface area contributed by atoms with Crippen LogP contribution in [0.5, 0.6) is 0 Å². The topological polar surface area (TPSA) is 57.6 Å². The maximum atomic E-state index is 11.7. The van der Waals surface area contributed by atoms with E-state index in [0.29, 0.717) is 5.56 Å². The zero-order valence-electron chi connectivity index (χ0n) is 11.4. The molecule has 0 radical (unpaired) electrons. The van der Waals surface area contributed by atoms with Gasteiger partial charge in [0.2, 0.25) is 5.91 Å². The molecule has 1 amide bonds. The van der Waals surface area contributed by atoms with Crippen molar-refractivity contribution >= 4 is 23.2 Å². The van der Waals surface area contributed by atoms with Crippen molar-refractivity contribution in [2.75, 3.05) is 0 Å². The number of hydrogen-bond donors (Lipinski definition) is 1. The number of amides is 1. The van der Waals surface area contributed by atoms with Gasteiger partial charge in [-0.2, -0.15) is 0 Å². The van der Waals surface area contributed by atoms with E-state index in [4.69, 9.17) is 0 Å². The van der Waals surface area contributed by atoms with Crippen LogP contribution in [0.4, 0.5) is 0 Å². The van der Waals surface area contributed by atoms with Crippen LogP contribution in [0.15, 0.2) is 6.07 Å². The zero-order valence-corrected chi connectivity index (χ0v) is 12.2. The first-order valence-corrected chi connectivity index (χ1v) is 6.66. The molecular formula is C13H19NO3S. The van der Waals surface area contributed by atoms with E-state index in [0.717, 1.165) is 9.75 Å². The van der Waals surface area contributed by atoms with Crippen molar-refractivity contribution in [1.82, 2.24) is 4.90 Å². The molecule has 0 aliphatic heterocycles. The highest BCUT2D eigenvalue weighted by Crippen LogP contribution is 2.31. The maximum Gasteiger partial charge on any atom is 0.331 e. The highest BCUT2D eigenvalue weighted by molar-refractivity contribution is 7.12. The summed E-state index contributed by atoms with van der Waals surface area (Å²) in [4.78, 5) is 26.6. The van der Waals surface area contributed by atoms with E-state index in [-0.39, 0.29) is 11.9 Å². The fraction of sp³-hybridized carbons (Fsp3) is 0.538. The van der Waals surface area contributed by atoms with Crippen LogP contribution in [0.2, 0.25) is 0 Å². The van der Waals surface area contributed by atoms with Gasteiger partial charge in [-0.25, -0.2) is 4.79 Å². The van der Waals surface area contributed by atoms with Gasteiger partial charge in [0.15, 0.2) is 6.04 Å². The molecule has 0 fully saturated rings. The lowest BCUT2D eigenvalue weighted by Crippen LogP contribution is -2.42. The molecule has 1 heterocycles. The lowest BCUT2D eigenvalue weighted by atomic mass is 10.0. The molecule has 4 nitrogen and oxygen atoms in total. The van der Waals surface area contributed by atoms with Crippen LogP contribution < -0.4 is 0 Å². The number of thiophene rings is 1. The first-order chi connectivity index (χ1) is 8.25. The number of rotatable bonds is 4. The molecule has 0 aliphatic carbocycles. The van der Waals surface area contributed by atoms with Crippen molar-refractivity contribution < 1.29 is 14.7 Å². The number of hydrogen-bond acceptors (Lipinski definition) is 3. The lowest BCUT2D eigenvalue weighted by Gasteiger charge is -2.31. The SMILES string of the molecule is CC(=O)N(C(C)C)C(C(=O)O)c1cc(C)sc1C. The number of carbonyl (C=O) groups is 2. The Balaban J connectivity index is 3.29. The molecule has 5 heteroatoms. The van der Waals surface area contributed by atoms with Crippen molar-refractivity contribution in [2.24, 2.45) is 0 Å². The summed E-state index contributed by atoms with van der Waals surface area (Å²) in [6.07, 6.45) is 0. The molecule has 1 aromatic heterocycles. The minimum atomic E-state index is -0.986. The van der Waals surface area contributed by atoms with Crippen molar-refractivity contribution in [3.63, 3.8) is 0 Å². The Morgan fingerprint density at radius 3 is 2.17 bits per heavy atom. The van der Waals surface area contributed by atoms with Crippen molar-refractivity contribution in [3.05, 3.63) is 21.4 Å². The molecule has 1 N–H and O–H groups in total. The zero-order chi connectivity index (χ0) is 14.0. The van der Waals surface area contributed by atoms with E-state index in [2.05, 4.69) is 0 Å². The second-order valence-corrected chi connectivity index (χ2v) is 6.09. The summed E-state index contributed by atoms with van der Waals surface area (Å²) in [7, 11) is 0. The normalized spacial score (nSPS) is 12.6. The standard InChI is InChI=1S/C13H19NO3S/c1-7(2)14(10(5)15)12(13(16)17)11-6-8(3)18-9(11)4/h6-7,12H,1-5H3,(H,16,17). The van der Waals surface area contributed by atoms with Crippen LogP contribution in [0, 0.1) is 13.8 Å². The van der Waals surface area contributed by atoms with Gasteiger partial charge in [0.1, 0.15) is 0 Å². The Hall–Kier alpha value is -1.36. The fourth-order valence-electron chi connectivity index (χ4n) is 2.17. The second kappa shape index (κ2) is 5.52. The number of carboxylic acids is 1. The summed E-state index contributed by atoms with van der Waals surface area (Å²) < 4.78 is 0. The average Bonchev–Trinajstić information content (AvgIpc) is 2.51. The number of aliphatic carboxylic acids is 1. The lowest BCUT2D eigenvalue weighted by molar-refractivity contribution is -0.151. The molecule has 0 aromatic carbocycles. The van der Waals surface area contributed by atoms with Crippen molar-refractivity contribution in [1.29, 1.82) is 0 Å². The van der Waals surface area contributed by atoms with Crippen molar-refractivity contribution in [3.8, 4) is 0 Å². The van der Waals surface area contributed by atoms with E-state index in [1.54, 1.807) is 11.3 Å². The smallest absolute Gasteiger partial charge is 0.331 e. The van der Waals surface area contributed by atoms with Crippen LogP contribution in [-0.2, 0) is 9.59 Å². The first kappa shape index (κ1) is 14.7. The first-order valence-electron chi connectivity index (χ1n) is 5.84. The third-order valence-electron chi connectivity index (χ3n) is 2.81. The predicted molar refractivity (Wildman–Crippen MR) is 71.8 cm³/mol. The second-order valence-electron chi connectivity index (χ2n) is 4.63. The Kier molecular flexibility index (Phi) is 4.51. The van der Waals surface area contributed by atoms with Gasteiger partial charge in [0.05, 0.1) is 0 Å². The van der Waals surface area contributed by atoms with E-state index in [1.165, 1.54) is 11.8 Å². The molecule has 1 aromatic rings. The van der Waals surface area contributed by atoms with Crippen LogP contribution in [0.25, 0.3) is 0 Å². The summed E-state index contributed by atoms with van der Waals surface area (Å²) in [5.41, 5.74) is 0.717. The minimum Gasteiger partial charge on any atom is -0.479 e. The summed E-state index contributed by atoms with van der Waals surface area (Å²) in [6, 6.07) is 0.813. The number of nitrogens with zero attached hydrogens (tertiary/aromatic N) is 1. The highest BCUT2D eigenvalue weighted by Gasteiger charge is 2.33. The van der Waals surface area contributed by atoms with Crippen LogP contribution in [0.1, 0.15) is 42.1 Å². The molecule has 0 saturated heterocycles. The third kappa shape index (κ3) is 2.90. The van der Waals surface area contributed by atoms with Crippen LogP contribution in [0.3, 0.4) is 0 Å². The Morgan fingerprint density at radius 1 is 1.33 bits per heavy atom. The minimum absolute atomic E-state index is 0.150. The largest absolute Gasteiger partial charge is 0.479 e. The van der Waals surface area contributed by atoms with Gasteiger partial charge < -0.3 is 10.0 Å². The summed E-state index contributed by atoms with van der Waals surface area (Å²) in [5, 5.41) is 9.44. The number of carbonyl (C=O) groups excluding carboxylic acids is 1. The van der Waals surface area contributed by atoms with E-state index >= 15 is 0 Å². The molecule has 1 atom stereocenters. The Morgan fingerprint density at radius 2 is 1.89 bits per heavy atom. The number of aryl methyl sites for hydroxylation is 2. The van der Waals surface area contributed by atoms with E-state index in [1.807, 2.05) is 33.8 Å². The molecule has 0 bridgehead atoms. The van der Waals surface area contributed by atoms with Gasteiger partial charge in [-0.15, -0.1) is 11.3 Å². The van der Waals surface area contributed by atoms with Gasteiger partial charge in [0, 0.05) is 22.7 Å². The molecule has 0 aliphatic rings. The summed E-state index contributed by atoms with van der Waals surface area (Å²) in [5.74, 6) is -1.21. The van der Waals surface area contributed by atoms with Gasteiger partial charge in [0.25, 0.3) is 0 Å². The van der Waals surface area contributed by atoms with Crippen molar-refractivity contribution in [2.45, 2.75) is 46.7 Å². The Labute approximate surface area is 111 Å². The quantitative estimate of drug-likeness (QED) is 0.914. The molecule has 100 valence electrons. The van der Waals surface area contributed by atoms with E-state index in [9.17, 15) is 14.7 Å². The highest BCUT2D eigenvalue weighted by atomic mass is 32.1. The maximum absolute atomic E-state index is 11.7. The molecule has 0 saturated carbocycles. The van der Waals surface area contributed by atoms with Gasteiger partial charge in [-0.05, 0) is 39.3 Å². The fourth-order valence-corrected chi connectivity index (χ4v) is 3.12. The number of carboxylic acid groups (broad SMARTS) is 1. The average molecular weight is 269 g/mol. The monoisotopic (exact) mass is 269 g/mol. The molecule has 1 unspecified atom stereocenters. The predicted octanol–water partition coefficient (Wildman–Crippen LogP) is 2.75. The van der Waals surface area contributed by atoms with Crippen LogP contribution in [-0.4, -0.2) is 27.9 Å². The van der Waals surface area contributed by atoms with Gasteiger partial charge >= 0.3 is 5.97 Å². The molecule has 18 heavy (non-hydrogen) atoms. The van der Waals surface area contributed by atoms with Gasteiger partial charge in [-0.1, -0.05) is 0 Å². The van der Waals surface area contributed by atoms with Gasteiger partial charge in [-0.3, -0.25) is 4.79 Å².